The zero-order valence-corrected chi connectivity index (χ0v) is 19.3. The van der Waals surface area contributed by atoms with E-state index in [4.69, 9.17) is 4.74 Å². The number of ketones is 2. The molecule has 0 radical (unpaired) electrons. The van der Waals surface area contributed by atoms with Crippen molar-refractivity contribution in [1.29, 1.82) is 0 Å². The molecule has 2 amide bonds. The van der Waals surface area contributed by atoms with Crippen molar-refractivity contribution in [3.05, 3.63) is 82.9 Å². The summed E-state index contributed by atoms with van der Waals surface area (Å²) in [4.78, 5) is 60.0. The van der Waals surface area contributed by atoms with Crippen LogP contribution in [0.2, 0.25) is 0 Å². The highest BCUT2D eigenvalue weighted by Gasteiger charge is 2.19. The van der Waals surface area contributed by atoms with E-state index in [2.05, 4.69) is 25.6 Å². The Morgan fingerprint density at radius 1 is 1.03 bits per heavy atom. The van der Waals surface area contributed by atoms with E-state index in [1.807, 2.05) is 12.1 Å². The van der Waals surface area contributed by atoms with Crippen LogP contribution in [-0.4, -0.2) is 44.9 Å². The summed E-state index contributed by atoms with van der Waals surface area (Å²) in [5.74, 6) is -0.206. The third-order valence-electron chi connectivity index (χ3n) is 5.83. The second kappa shape index (κ2) is 9.41. The monoisotopic (exact) mass is 483 g/mol. The number of anilines is 1. The van der Waals surface area contributed by atoms with Crippen molar-refractivity contribution < 1.29 is 23.9 Å². The van der Waals surface area contributed by atoms with Gasteiger partial charge >= 0.3 is 0 Å². The molecule has 0 fully saturated rings. The number of hydrogen-bond donors (Lipinski definition) is 3. The molecule has 4 aromatic rings. The molecule has 0 bridgehead atoms. The molecule has 2 aromatic heterocycles. The lowest BCUT2D eigenvalue weighted by molar-refractivity contribution is -0.121. The minimum atomic E-state index is -0.424. The van der Waals surface area contributed by atoms with E-state index in [0.29, 0.717) is 40.0 Å². The van der Waals surface area contributed by atoms with E-state index in [1.165, 1.54) is 13.3 Å². The molecule has 5 rings (SSSR count). The molecule has 0 aliphatic carbocycles. The Balaban J connectivity index is 1.30. The van der Waals surface area contributed by atoms with Gasteiger partial charge in [-0.15, -0.1) is 0 Å². The topological polar surface area (TPSA) is 143 Å². The molecule has 180 valence electrons. The number of rotatable bonds is 6. The van der Waals surface area contributed by atoms with Gasteiger partial charge < -0.3 is 20.4 Å². The number of nitrogens with one attached hydrogen (secondary N) is 3. The van der Waals surface area contributed by atoms with Gasteiger partial charge in [-0.25, -0.2) is 9.97 Å². The second-order valence-electron chi connectivity index (χ2n) is 8.36. The van der Waals surface area contributed by atoms with E-state index in [0.717, 1.165) is 11.1 Å². The quantitative estimate of drug-likeness (QED) is 0.358. The molecule has 0 spiro atoms. The summed E-state index contributed by atoms with van der Waals surface area (Å²) in [7, 11) is 0. The van der Waals surface area contributed by atoms with E-state index >= 15 is 0 Å². The van der Waals surface area contributed by atoms with Gasteiger partial charge in [-0.3, -0.25) is 19.2 Å². The predicted octanol–water partition coefficient (Wildman–Crippen LogP) is 2.85. The number of aromatic nitrogens is 3. The third kappa shape index (κ3) is 4.56. The van der Waals surface area contributed by atoms with Crippen LogP contribution in [-0.2, 0) is 17.8 Å². The number of benzene rings is 2. The summed E-state index contributed by atoms with van der Waals surface area (Å²) in [6.45, 7) is 1.77. The predicted molar refractivity (Wildman–Crippen MR) is 130 cm³/mol. The molecule has 0 saturated carbocycles. The molecule has 10 heteroatoms. The van der Waals surface area contributed by atoms with E-state index in [-0.39, 0.29) is 36.3 Å². The summed E-state index contributed by atoms with van der Waals surface area (Å²) in [5, 5.41) is 5.60. The molecule has 3 N–H and O–H groups in total. The van der Waals surface area contributed by atoms with Gasteiger partial charge in [-0.1, -0.05) is 18.2 Å². The molecule has 1 aliphatic rings. The molecule has 36 heavy (non-hydrogen) atoms. The van der Waals surface area contributed by atoms with Gasteiger partial charge in [-0.2, -0.15) is 0 Å². The van der Waals surface area contributed by atoms with Crippen molar-refractivity contribution in [2.75, 3.05) is 11.9 Å². The van der Waals surface area contributed by atoms with Gasteiger partial charge in [-0.05, 0) is 36.8 Å². The maximum absolute atomic E-state index is 12.9. The number of amides is 2. The SMILES string of the molecule is CC(=O)c1ccc(C(=O)Nc2c[nH]c3c(C(=O)NCc4ccc5c(c4)CC(=O)CO5)ncnc23)cc1. The molecule has 2 aromatic carbocycles. The minimum absolute atomic E-state index is 0.00905. The number of aromatic amines is 1. The van der Waals surface area contributed by atoms with Crippen molar-refractivity contribution in [3.63, 3.8) is 0 Å². The molecule has 0 atom stereocenters. The first-order valence-electron chi connectivity index (χ1n) is 11.2. The van der Waals surface area contributed by atoms with Crippen LogP contribution >= 0.6 is 0 Å². The van der Waals surface area contributed by atoms with Crippen LogP contribution < -0.4 is 15.4 Å². The summed E-state index contributed by atoms with van der Waals surface area (Å²) in [6.07, 6.45) is 3.10. The van der Waals surface area contributed by atoms with Crippen LogP contribution in [0.25, 0.3) is 11.0 Å². The smallest absolute Gasteiger partial charge is 0.272 e. The number of nitrogens with zero attached hydrogens (tertiary/aromatic N) is 2. The highest BCUT2D eigenvalue weighted by Crippen LogP contribution is 2.25. The molecule has 0 unspecified atom stereocenters. The lowest BCUT2D eigenvalue weighted by atomic mass is 10.0. The van der Waals surface area contributed by atoms with Gasteiger partial charge in [0.2, 0.25) is 0 Å². The highest BCUT2D eigenvalue weighted by atomic mass is 16.5. The van der Waals surface area contributed by atoms with Crippen molar-refractivity contribution in [3.8, 4) is 5.75 Å². The number of Topliss-reactive ketones (excluding diaryl/α,β-unsaturated/α-hetero) is 2. The Hall–Kier alpha value is -4.86. The van der Waals surface area contributed by atoms with Gasteiger partial charge in [0.15, 0.2) is 17.3 Å². The summed E-state index contributed by atoms with van der Waals surface area (Å²) in [6, 6.07) is 11.8. The zero-order valence-electron chi connectivity index (χ0n) is 19.3. The number of hydrogen-bond acceptors (Lipinski definition) is 7. The summed E-state index contributed by atoms with van der Waals surface area (Å²) < 4.78 is 5.40. The first kappa shape index (κ1) is 22.9. The fraction of sp³-hybridized carbons (Fsp3) is 0.154. The number of fused-ring (bicyclic) bond motifs is 2. The fourth-order valence-electron chi connectivity index (χ4n) is 3.97. The van der Waals surface area contributed by atoms with Crippen LogP contribution in [0.1, 0.15) is 49.3 Å². The number of H-pyrrole nitrogens is 1. The van der Waals surface area contributed by atoms with Crippen LogP contribution in [0, 0.1) is 0 Å². The Morgan fingerprint density at radius 2 is 1.81 bits per heavy atom. The number of carbonyl (C=O) groups is 4. The fourth-order valence-corrected chi connectivity index (χ4v) is 3.97. The zero-order chi connectivity index (χ0) is 25.2. The highest BCUT2D eigenvalue weighted by molar-refractivity contribution is 6.11. The normalized spacial score (nSPS) is 12.5. The average Bonchev–Trinajstić information content (AvgIpc) is 3.29. The average molecular weight is 483 g/mol. The molecule has 0 saturated heterocycles. The van der Waals surface area contributed by atoms with E-state index < -0.39 is 5.91 Å². The van der Waals surface area contributed by atoms with Gasteiger partial charge in [0.25, 0.3) is 11.8 Å². The van der Waals surface area contributed by atoms with Gasteiger partial charge in [0.1, 0.15) is 24.2 Å². The maximum Gasteiger partial charge on any atom is 0.272 e. The van der Waals surface area contributed by atoms with Crippen molar-refractivity contribution in [2.24, 2.45) is 0 Å². The molecule has 3 heterocycles. The Morgan fingerprint density at radius 3 is 2.58 bits per heavy atom. The van der Waals surface area contributed by atoms with Crippen molar-refractivity contribution in [1.82, 2.24) is 20.3 Å². The third-order valence-corrected chi connectivity index (χ3v) is 5.83. The van der Waals surface area contributed by atoms with E-state index in [9.17, 15) is 19.2 Å². The van der Waals surface area contributed by atoms with Gasteiger partial charge in [0.05, 0.1) is 11.2 Å². The van der Waals surface area contributed by atoms with Crippen LogP contribution in [0.15, 0.2) is 55.0 Å². The molecule has 1 aliphatic heterocycles. The van der Waals surface area contributed by atoms with Crippen LogP contribution in [0.3, 0.4) is 0 Å². The van der Waals surface area contributed by atoms with Crippen LogP contribution in [0.4, 0.5) is 5.69 Å². The van der Waals surface area contributed by atoms with Crippen molar-refractivity contribution in [2.45, 2.75) is 19.9 Å². The first-order chi connectivity index (χ1) is 17.4. The Kier molecular flexibility index (Phi) is 5.99. The van der Waals surface area contributed by atoms with Crippen LogP contribution in [0.5, 0.6) is 5.75 Å². The Labute approximate surface area is 205 Å². The number of carbonyl (C=O) groups excluding carboxylic acids is 4. The molecular weight excluding hydrogens is 462 g/mol. The van der Waals surface area contributed by atoms with E-state index in [1.54, 1.807) is 36.5 Å². The molecule has 10 nitrogen and oxygen atoms in total. The second-order valence-corrected chi connectivity index (χ2v) is 8.36. The number of ether oxygens (including phenoxy) is 1. The minimum Gasteiger partial charge on any atom is -0.486 e. The first-order valence-corrected chi connectivity index (χ1v) is 11.2. The van der Waals surface area contributed by atoms with Crippen molar-refractivity contribution >= 4 is 40.1 Å². The summed E-state index contributed by atoms with van der Waals surface area (Å²) in [5.41, 5.74) is 3.78. The Bertz CT molecular complexity index is 1520. The lowest BCUT2D eigenvalue weighted by Gasteiger charge is -2.17. The summed E-state index contributed by atoms with van der Waals surface area (Å²) >= 11 is 0. The maximum atomic E-state index is 12.9. The standard InChI is InChI=1S/C26H21N5O5/c1-14(32)16-3-5-17(6-4-16)25(34)31-20-11-27-23-22(20)29-13-30-24(23)26(35)28-10-15-2-7-21-18(8-15)9-19(33)12-36-21/h2-8,11,13,27H,9-10,12H2,1H3,(H,28,35)(H,31,34). The van der Waals surface area contributed by atoms with Gasteiger partial charge in [0, 0.05) is 35.9 Å². The lowest BCUT2D eigenvalue weighted by Crippen LogP contribution is -2.25. The largest absolute Gasteiger partial charge is 0.486 e. The molecular formula is C26H21N5O5.